The van der Waals surface area contributed by atoms with Gasteiger partial charge in [0.1, 0.15) is 0 Å². The zero-order valence-electron chi connectivity index (χ0n) is 7.96. The molecule has 0 amide bonds. The van der Waals surface area contributed by atoms with E-state index >= 15 is 0 Å². The lowest BCUT2D eigenvalue weighted by molar-refractivity contribution is 0.995. The SMILES string of the molecule is Cl.Nc1cccn(-c2ccccc2)c1=O. The summed E-state index contributed by atoms with van der Waals surface area (Å²) in [6.07, 6.45) is 1.70. The van der Waals surface area contributed by atoms with Gasteiger partial charge in [0.15, 0.2) is 0 Å². The fourth-order valence-electron chi connectivity index (χ4n) is 1.30. The van der Waals surface area contributed by atoms with Gasteiger partial charge in [0.2, 0.25) is 0 Å². The molecule has 0 bridgehead atoms. The molecule has 0 unspecified atom stereocenters. The largest absolute Gasteiger partial charge is 0.394 e. The maximum absolute atomic E-state index is 11.6. The van der Waals surface area contributed by atoms with Gasteiger partial charge < -0.3 is 5.73 Å². The molecule has 0 radical (unpaired) electrons. The number of pyridine rings is 1. The van der Waals surface area contributed by atoms with Gasteiger partial charge in [0.05, 0.1) is 5.69 Å². The summed E-state index contributed by atoms with van der Waals surface area (Å²) in [5, 5.41) is 0. The molecule has 1 aromatic heterocycles. The minimum Gasteiger partial charge on any atom is -0.394 e. The summed E-state index contributed by atoms with van der Waals surface area (Å²) in [7, 11) is 0. The van der Waals surface area contributed by atoms with Crippen molar-refractivity contribution in [2.24, 2.45) is 0 Å². The van der Waals surface area contributed by atoms with Crippen molar-refractivity contribution in [3.8, 4) is 5.69 Å². The Balaban J connectivity index is 0.00000112. The number of halogens is 1. The van der Waals surface area contributed by atoms with E-state index in [1.807, 2.05) is 30.3 Å². The molecule has 0 atom stereocenters. The van der Waals surface area contributed by atoms with Gasteiger partial charge in [0.25, 0.3) is 5.56 Å². The lowest BCUT2D eigenvalue weighted by Crippen LogP contribution is -2.20. The van der Waals surface area contributed by atoms with Crippen LogP contribution in [-0.4, -0.2) is 4.57 Å². The van der Waals surface area contributed by atoms with E-state index in [1.165, 1.54) is 4.57 Å². The Hall–Kier alpha value is -1.74. The predicted molar refractivity (Wildman–Crippen MR) is 63.7 cm³/mol. The highest BCUT2D eigenvalue weighted by Crippen LogP contribution is 2.04. The van der Waals surface area contributed by atoms with E-state index in [0.29, 0.717) is 0 Å². The van der Waals surface area contributed by atoms with Gasteiger partial charge in [-0.15, -0.1) is 12.4 Å². The molecule has 1 heterocycles. The summed E-state index contributed by atoms with van der Waals surface area (Å²) in [6.45, 7) is 0. The second kappa shape index (κ2) is 4.66. The minimum absolute atomic E-state index is 0. The van der Waals surface area contributed by atoms with Crippen molar-refractivity contribution in [2.75, 3.05) is 5.73 Å². The summed E-state index contributed by atoms with van der Waals surface area (Å²) in [5.74, 6) is 0. The highest BCUT2D eigenvalue weighted by molar-refractivity contribution is 5.85. The normalized spacial score (nSPS) is 9.33. The van der Waals surface area contributed by atoms with Gasteiger partial charge in [-0.3, -0.25) is 9.36 Å². The number of hydrogen-bond acceptors (Lipinski definition) is 2. The van der Waals surface area contributed by atoms with Crippen molar-refractivity contribution in [3.63, 3.8) is 0 Å². The van der Waals surface area contributed by atoms with Crippen LogP contribution in [0.2, 0.25) is 0 Å². The molecule has 0 aliphatic carbocycles. The van der Waals surface area contributed by atoms with Crippen LogP contribution < -0.4 is 11.3 Å². The van der Waals surface area contributed by atoms with Crippen LogP contribution in [0.3, 0.4) is 0 Å². The molecule has 2 aromatic rings. The number of benzene rings is 1. The minimum atomic E-state index is -0.182. The lowest BCUT2D eigenvalue weighted by atomic mass is 10.3. The number of nitrogens with two attached hydrogens (primary N) is 1. The zero-order valence-corrected chi connectivity index (χ0v) is 8.78. The Bertz CT molecular complexity index is 493. The molecule has 2 N–H and O–H groups in total. The van der Waals surface area contributed by atoms with Crippen LogP contribution in [0.5, 0.6) is 0 Å². The molecule has 4 heteroatoms. The predicted octanol–water partition coefficient (Wildman–Crippen LogP) is 1.84. The Kier molecular flexibility index (Phi) is 3.52. The molecule has 0 aliphatic heterocycles. The second-order valence-corrected chi connectivity index (χ2v) is 2.97. The zero-order chi connectivity index (χ0) is 9.97. The number of nitrogen functional groups attached to an aromatic ring is 1. The Morgan fingerprint density at radius 3 is 2.33 bits per heavy atom. The number of aromatic nitrogens is 1. The number of anilines is 1. The summed E-state index contributed by atoms with van der Waals surface area (Å²) < 4.78 is 1.52. The highest BCUT2D eigenvalue weighted by atomic mass is 35.5. The van der Waals surface area contributed by atoms with Crippen molar-refractivity contribution in [1.29, 1.82) is 0 Å². The van der Waals surface area contributed by atoms with Crippen LogP contribution in [0.25, 0.3) is 5.69 Å². The van der Waals surface area contributed by atoms with Crippen molar-refractivity contribution in [2.45, 2.75) is 0 Å². The summed E-state index contributed by atoms with van der Waals surface area (Å²) in [5.41, 5.74) is 6.43. The summed E-state index contributed by atoms with van der Waals surface area (Å²) >= 11 is 0. The molecule has 3 nitrogen and oxygen atoms in total. The molecule has 2 rings (SSSR count). The lowest BCUT2D eigenvalue weighted by Gasteiger charge is -2.04. The third-order valence-corrected chi connectivity index (χ3v) is 2.01. The van der Waals surface area contributed by atoms with Gasteiger partial charge >= 0.3 is 0 Å². The van der Waals surface area contributed by atoms with Crippen LogP contribution in [0.4, 0.5) is 5.69 Å². The van der Waals surface area contributed by atoms with Crippen LogP contribution in [0, 0.1) is 0 Å². The third-order valence-electron chi connectivity index (χ3n) is 2.01. The molecule has 0 aliphatic rings. The van der Waals surface area contributed by atoms with Crippen LogP contribution >= 0.6 is 12.4 Å². The monoisotopic (exact) mass is 222 g/mol. The average Bonchev–Trinajstić information content (AvgIpc) is 2.23. The van der Waals surface area contributed by atoms with E-state index in [-0.39, 0.29) is 23.7 Å². The van der Waals surface area contributed by atoms with Crippen molar-refractivity contribution in [1.82, 2.24) is 4.57 Å². The van der Waals surface area contributed by atoms with Gasteiger partial charge in [-0.05, 0) is 24.3 Å². The first-order valence-corrected chi connectivity index (χ1v) is 4.31. The van der Waals surface area contributed by atoms with E-state index in [4.69, 9.17) is 5.73 Å². The first-order valence-electron chi connectivity index (χ1n) is 4.31. The maximum atomic E-state index is 11.6. The fourth-order valence-corrected chi connectivity index (χ4v) is 1.30. The van der Waals surface area contributed by atoms with E-state index in [0.717, 1.165) is 5.69 Å². The number of hydrogen-bond donors (Lipinski definition) is 1. The molecular formula is C11H11ClN2O. The fraction of sp³-hybridized carbons (Fsp3) is 0. The van der Waals surface area contributed by atoms with Gasteiger partial charge in [-0.2, -0.15) is 0 Å². The molecular weight excluding hydrogens is 212 g/mol. The van der Waals surface area contributed by atoms with E-state index in [2.05, 4.69) is 0 Å². The quantitative estimate of drug-likeness (QED) is 0.801. The Labute approximate surface area is 93.6 Å². The van der Waals surface area contributed by atoms with E-state index < -0.39 is 0 Å². The molecule has 0 fully saturated rings. The Morgan fingerprint density at radius 1 is 1.00 bits per heavy atom. The molecule has 1 aromatic carbocycles. The first kappa shape index (κ1) is 11.3. The highest BCUT2D eigenvalue weighted by Gasteiger charge is 1.99. The Morgan fingerprint density at radius 2 is 1.67 bits per heavy atom. The smallest absolute Gasteiger partial charge is 0.278 e. The van der Waals surface area contributed by atoms with Crippen LogP contribution in [0.15, 0.2) is 53.5 Å². The molecule has 78 valence electrons. The van der Waals surface area contributed by atoms with Gasteiger partial charge in [0, 0.05) is 11.9 Å². The molecule has 0 spiro atoms. The standard InChI is InChI=1S/C11H10N2O.ClH/c12-10-7-4-8-13(11(10)14)9-5-2-1-3-6-9;/h1-8H,12H2;1H. The van der Waals surface area contributed by atoms with Crippen molar-refractivity contribution < 1.29 is 0 Å². The second-order valence-electron chi connectivity index (χ2n) is 2.97. The average molecular weight is 223 g/mol. The first-order chi connectivity index (χ1) is 6.79. The topological polar surface area (TPSA) is 48.0 Å². The molecule has 15 heavy (non-hydrogen) atoms. The molecule has 0 saturated heterocycles. The van der Waals surface area contributed by atoms with E-state index in [1.54, 1.807) is 18.3 Å². The number of para-hydroxylation sites is 1. The number of nitrogens with zero attached hydrogens (tertiary/aromatic N) is 1. The van der Waals surface area contributed by atoms with Crippen LogP contribution in [0.1, 0.15) is 0 Å². The van der Waals surface area contributed by atoms with Crippen molar-refractivity contribution >= 4 is 18.1 Å². The van der Waals surface area contributed by atoms with E-state index in [9.17, 15) is 4.79 Å². The van der Waals surface area contributed by atoms with Gasteiger partial charge in [-0.25, -0.2) is 0 Å². The number of rotatable bonds is 1. The summed E-state index contributed by atoms with van der Waals surface area (Å²) in [4.78, 5) is 11.6. The van der Waals surface area contributed by atoms with Crippen LogP contribution in [-0.2, 0) is 0 Å². The maximum Gasteiger partial charge on any atom is 0.278 e. The molecule has 0 saturated carbocycles. The van der Waals surface area contributed by atoms with Crippen molar-refractivity contribution in [3.05, 3.63) is 59.0 Å². The van der Waals surface area contributed by atoms with Gasteiger partial charge in [-0.1, -0.05) is 18.2 Å². The third kappa shape index (κ3) is 2.19. The summed E-state index contributed by atoms with van der Waals surface area (Å²) in [6, 6.07) is 12.7.